The van der Waals surface area contributed by atoms with Crippen LogP contribution >= 0.6 is 0 Å². The molecule has 80 heavy (non-hydrogen) atoms. The second-order valence-electron chi connectivity index (χ2n) is 22.6. The molecule has 10 aromatic carbocycles. The number of hydrogen-bond donors (Lipinski definition) is 0. The topological polar surface area (TPSA) is 6.48 Å². The molecule has 3 heteroatoms. The largest absolute Gasteiger partial charge is 0.341 e. The minimum absolute atomic E-state index is 0.548. The van der Waals surface area contributed by atoms with Gasteiger partial charge in [-0.1, -0.05) is 244 Å². The van der Waals surface area contributed by atoms with Gasteiger partial charge < -0.3 is 9.80 Å². The van der Waals surface area contributed by atoms with E-state index in [2.05, 4.69) is 283 Å². The van der Waals surface area contributed by atoms with Crippen molar-refractivity contribution in [2.75, 3.05) is 16.3 Å². The Bertz CT molecular complexity index is 4050. The van der Waals surface area contributed by atoms with Crippen LogP contribution in [-0.2, 0) is 17.3 Å². The summed E-state index contributed by atoms with van der Waals surface area (Å²) >= 11 is 0. The van der Waals surface area contributed by atoms with Crippen molar-refractivity contribution < 1.29 is 0 Å². The highest BCUT2D eigenvalue weighted by Crippen LogP contribution is 2.59. The molecule has 0 amide bonds. The minimum Gasteiger partial charge on any atom is -0.341 e. The fourth-order valence-electron chi connectivity index (χ4n) is 15.2. The van der Waals surface area contributed by atoms with Crippen LogP contribution in [0.3, 0.4) is 0 Å². The maximum absolute atomic E-state index is 4.00. The van der Waals surface area contributed by atoms with E-state index in [1.54, 1.807) is 10.4 Å². The van der Waals surface area contributed by atoms with E-state index >= 15 is 0 Å². The molecule has 1 spiro atoms. The first-order valence-corrected chi connectivity index (χ1v) is 31.3. The first-order chi connectivity index (χ1) is 39.6. The SMILES string of the molecule is C=CC=CC=CC1(c2ccccc2)c2cc(C=Cc3ccc4c(c3)C(c3ccccc3)(c3ccccc3)c3cc(N5c6ccccc6[Si]6(CCCC6)c6ccccc65)ccc3-4)ccc2-c2ccc(N3CCCc4ccccc43)cc21. The Balaban J connectivity index is 0.868. The molecule has 0 aromatic heterocycles. The number of nitrogens with zero attached hydrogens (tertiary/aromatic N) is 2. The number of benzene rings is 10. The summed E-state index contributed by atoms with van der Waals surface area (Å²) < 4.78 is 0. The lowest BCUT2D eigenvalue weighted by atomic mass is 9.67. The van der Waals surface area contributed by atoms with Crippen LogP contribution in [-0.4, -0.2) is 14.6 Å². The van der Waals surface area contributed by atoms with E-state index in [1.807, 2.05) is 12.2 Å². The van der Waals surface area contributed by atoms with Gasteiger partial charge in [-0.2, -0.15) is 0 Å². The minimum atomic E-state index is -1.91. The van der Waals surface area contributed by atoms with Crippen molar-refractivity contribution in [1.29, 1.82) is 0 Å². The molecule has 0 N–H and O–H groups in total. The van der Waals surface area contributed by atoms with Crippen LogP contribution in [0.4, 0.5) is 28.4 Å². The molecule has 1 unspecified atom stereocenters. The highest BCUT2D eigenvalue weighted by molar-refractivity contribution is 7.05. The van der Waals surface area contributed by atoms with Gasteiger partial charge in [0.2, 0.25) is 0 Å². The number of rotatable bonds is 10. The molecular formula is C77H62N2Si. The lowest BCUT2D eigenvalue weighted by Crippen LogP contribution is -2.60. The van der Waals surface area contributed by atoms with E-state index in [9.17, 15) is 0 Å². The lowest BCUT2D eigenvalue weighted by molar-refractivity contribution is 0.763. The monoisotopic (exact) mass is 1040 g/mol. The van der Waals surface area contributed by atoms with E-state index in [0.717, 1.165) is 30.5 Å². The Morgan fingerprint density at radius 3 is 1.52 bits per heavy atom. The van der Waals surface area contributed by atoms with Gasteiger partial charge >= 0.3 is 0 Å². The molecular weight excluding hydrogens is 981 g/mol. The highest BCUT2D eigenvalue weighted by Gasteiger charge is 2.50. The van der Waals surface area contributed by atoms with Gasteiger partial charge in [-0.25, -0.2) is 0 Å². The number of para-hydroxylation sites is 3. The van der Waals surface area contributed by atoms with Crippen LogP contribution in [0.15, 0.2) is 274 Å². The summed E-state index contributed by atoms with van der Waals surface area (Å²) in [7, 11) is -1.91. The van der Waals surface area contributed by atoms with Crippen LogP contribution in [0.1, 0.15) is 74.9 Å². The summed E-state index contributed by atoms with van der Waals surface area (Å²) in [5, 5.41) is 3.19. The normalized spacial score (nSPS) is 17.8. The maximum atomic E-state index is 4.00. The van der Waals surface area contributed by atoms with Crippen LogP contribution < -0.4 is 20.2 Å². The van der Waals surface area contributed by atoms with Gasteiger partial charge in [0.25, 0.3) is 0 Å². The fraction of sp³-hybridized carbons (Fsp3) is 0.117. The van der Waals surface area contributed by atoms with E-state index < -0.39 is 18.9 Å². The number of allylic oxidation sites excluding steroid dienone is 5. The summed E-state index contributed by atoms with van der Waals surface area (Å²) in [4.78, 5) is 5.13. The molecule has 2 nitrogen and oxygen atoms in total. The van der Waals surface area contributed by atoms with E-state index in [0.29, 0.717) is 0 Å². The summed E-state index contributed by atoms with van der Waals surface area (Å²) in [5.41, 5.74) is 23.2. The second-order valence-corrected chi connectivity index (χ2v) is 26.8. The molecule has 0 radical (unpaired) electrons. The fourth-order valence-corrected chi connectivity index (χ4v) is 20.7. The molecule has 0 bridgehead atoms. The Morgan fingerprint density at radius 1 is 0.412 bits per heavy atom. The van der Waals surface area contributed by atoms with Crippen molar-refractivity contribution in [1.82, 2.24) is 0 Å². The Labute approximate surface area is 472 Å². The van der Waals surface area contributed by atoms with Gasteiger partial charge in [0, 0.05) is 35.0 Å². The van der Waals surface area contributed by atoms with Crippen LogP contribution in [0.25, 0.3) is 34.4 Å². The Morgan fingerprint density at radius 2 is 0.900 bits per heavy atom. The third-order valence-electron chi connectivity index (χ3n) is 18.6. The van der Waals surface area contributed by atoms with Crippen LogP contribution in [0.2, 0.25) is 12.1 Å². The molecule has 1 fully saturated rings. The first-order valence-electron chi connectivity index (χ1n) is 28.9. The smallest absolute Gasteiger partial charge is 0.123 e. The standard InChI is InChI=1S/C77H62N2Si/c1-2-3-4-20-47-76(58-26-8-5-9-27-58)67-51-55(39-43-63(67)64-45-41-61(53-68(64)76)78-48-23-25-57-24-14-15-32-71(57)78)37-38-56-40-44-65-66-46-42-62(54-70(66)77(69(65)52-56,59-28-10-6-11-29-59)60-30-12-7-13-31-60)79-72-33-16-18-35-74(72)80(49-21-22-50-80)75-36-19-17-34-73(75)79/h2-20,24,26-47,51-54H,1,21-23,25,48-50H2. The van der Waals surface area contributed by atoms with Crippen molar-refractivity contribution in [2.24, 2.45) is 0 Å². The summed E-state index contributed by atoms with van der Waals surface area (Å²) in [5.74, 6) is 0. The number of aryl methyl sites for hydroxylation is 1. The predicted octanol–water partition coefficient (Wildman–Crippen LogP) is 18.1. The van der Waals surface area contributed by atoms with Crippen molar-refractivity contribution in [3.8, 4) is 22.3 Å². The zero-order valence-corrected chi connectivity index (χ0v) is 46.1. The van der Waals surface area contributed by atoms with E-state index in [-0.39, 0.29) is 0 Å². The van der Waals surface area contributed by atoms with Gasteiger partial charge in [0.05, 0.1) is 10.8 Å². The molecule has 384 valence electrons. The number of fused-ring (bicyclic) bond motifs is 11. The molecule has 3 aliphatic heterocycles. The van der Waals surface area contributed by atoms with Crippen molar-refractivity contribution in [2.45, 2.75) is 48.6 Å². The summed E-state index contributed by atoms with van der Waals surface area (Å²) in [6.45, 7) is 4.99. The highest BCUT2D eigenvalue weighted by atomic mass is 28.3. The van der Waals surface area contributed by atoms with Gasteiger partial charge in [-0.05, 0) is 168 Å². The molecule has 15 rings (SSSR count). The van der Waals surface area contributed by atoms with Gasteiger partial charge in [0.1, 0.15) is 8.07 Å². The average molecular weight is 1040 g/mol. The third kappa shape index (κ3) is 7.30. The van der Waals surface area contributed by atoms with Gasteiger partial charge in [-0.3, -0.25) is 0 Å². The van der Waals surface area contributed by atoms with Crippen molar-refractivity contribution in [3.63, 3.8) is 0 Å². The predicted molar refractivity (Wildman–Crippen MR) is 340 cm³/mol. The van der Waals surface area contributed by atoms with Gasteiger partial charge in [0.15, 0.2) is 0 Å². The summed E-state index contributed by atoms with van der Waals surface area (Å²) in [6.07, 6.45) is 20.2. The first kappa shape index (κ1) is 48.1. The molecule has 10 aromatic rings. The third-order valence-corrected chi connectivity index (χ3v) is 23.9. The van der Waals surface area contributed by atoms with E-state index in [1.165, 1.54) is 120 Å². The van der Waals surface area contributed by atoms with Crippen LogP contribution in [0, 0.1) is 0 Å². The second kappa shape index (κ2) is 19.4. The van der Waals surface area contributed by atoms with Crippen molar-refractivity contribution in [3.05, 3.63) is 329 Å². The number of anilines is 5. The number of hydrogen-bond acceptors (Lipinski definition) is 2. The van der Waals surface area contributed by atoms with Crippen molar-refractivity contribution >= 4 is 59.0 Å². The Kier molecular flexibility index (Phi) is 11.7. The zero-order valence-electron chi connectivity index (χ0n) is 45.1. The maximum Gasteiger partial charge on any atom is 0.123 e. The molecule has 3 heterocycles. The molecule has 0 saturated carbocycles. The quantitative estimate of drug-likeness (QED) is 0.0765. The molecule has 2 aliphatic carbocycles. The average Bonchev–Trinajstić information content (AvgIpc) is 4.39. The molecule has 1 atom stereocenters. The summed E-state index contributed by atoms with van der Waals surface area (Å²) in [6, 6.07) is 93.0. The molecule has 5 aliphatic rings. The zero-order chi connectivity index (χ0) is 53.3. The molecule has 1 saturated heterocycles. The van der Waals surface area contributed by atoms with Crippen LogP contribution in [0.5, 0.6) is 0 Å². The van der Waals surface area contributed by atoms with E-state index in [4.69, 9.17) is 0 Å². The Hall–Kier alpha value is -9.02. The lowest BCUT2D eigenvalue weighted by Gasteiger charge is -2.43. The van der Waals surface area contributed by atoms with Gasteiger partial charge in [-0.15, -0.1) is 0 Å².